The topological polar surface area (TPSA) is 64.3 Å². The van der Waals surface area contributed by atoms with Gasteiger partial charge < -0.3 is 10.1 Å². The van der Waals surface area contributed by atoms with Gasteiger partial charge in [0.05, 0.1) is 12.3 Å². The summed E-state index contributed by atoms with van der Waals surface area (Å²) < 4.78 is 43.8. The Morgan fingerprint density at radius 1 is 1.24 bits per heavy atom. The molecule has 0 saturated heterocycles. The van der Waals surface area contributed by atoms with Crippen molar-refractivity contribution in [2.24, 2.45) is 0 Å². The van der Waals surface area contributed by atoms with E-state index in [0.29, 0.717) is 35.1 Å². The number of alkyl halides is 3. The summed E-state index contributed by atoms with van der Waals surface area (Å²) in [6.45, 7) is 0.309. The third-order valence-electron chi connectivity index (χ3n) is 3.49. The Kier molecular flexibility index (Phi) is 4.84. The van der Waals surface area contributed by atoms with Crippen LogP contribution in [0.2, 0.25) is 0 Å². The molecule has 3 rings (SSSR count). The molecule has 0 saturated carbocycles. The third kappa shape index (κ3) is 4.44. The third-order valence-corrected chi connectivity index (χ3v) is 3.49. The van der Waals surface area contributed by atoms with Gasteiger partial charge in [-0.05, 0) is 24.1 Å². The lowest BCUT2D eigenvalue weighted by Crippen LogP contribution is -2.08. The molecule has 6 nitrogen and oxygen atoms in total. The zero-order valence-electron chi connectivity index (χ0n) is 13.4. The molecule has 25 heavy (non-hydrogen) atoms. The van der Waals surface area contributed by atoms with E-state index < -0.39 is 12.6 Å². The second-order valence-corrected chi connectivity index (χ2v) is 5.48. The summed E-state index contributed by atoms with van der Waals surface area (Å²) in [6.07, 6.45) is -3.71. The number of aryl methyl sites for hydroxylation is 1. The number of nitrogens with zero attached hydrogens (tertiary/aromatic N) is 4. The van der Waals surface area contributed by atoms with Gasteiger partial charge in [-0.2, -0.15) is 27.8 Å². The molecule has 1 aromatic carbocycles. The quantitative estimate of drug-likeness (QED) is 0.736. The first kappa shape index (κ1) is 17.2. The number of rotatable bonds is 6. The number of hydrogen-bond acceptors (Lipinski definition) is 5. The summed E-state index contributed by atoms with van der Waals surface area (Å²) in [5.74, 6) is 1.01. The fraction of sp³-hybridized carbons (Fsp3) is 0.312. The zero-order chi connectivity index (χ0) is 17.9. The predicted molar refractivity (Wildman–Crippen MR) is 85.6 cm³/mol. The molecule has 1 N–H and O–H groups in total. The van der Waals surface area contributed by atoms with E-state index in [4.69, 9.17) is 4.74 Å². The molecule has 0 unspecified atom stereocenters. The number of halogens is 3. The monoisotopic (exact) mass is 351 g/mol. The maximum Gasteiger partial charge on any atom is 0.389 e. The molecule has 0 aliphatic heterocycles. The second-order valence-electron chi connectivity index (χ2n) is 5.48. The minimum absolute atomic E-state index is 0.0664. The summed E-state index contributed by atoms with van der Waals surface area (Å²) in [7, 11) is 1.56. The van der Waals surface area contributed by atoms with Crippen LogP contribution in [-0.2, 0) is 17.8 Å². The van der Waals surface area contributed by atoms with Gasteiger partial charge in [-0.3, -0.25) is 0 Å². The van der Waals surface area contributed by atoms with Crippen LogP contribution in [0.15, 0.2) is 36.7 Å². The lowest BCUT2D eigenvalue weighted by Gasteiger charge is -2.11. The van der Waals surface area contributed by atoms with Gasteiger partial charge in [0, 0.05) is 25.3 Å². The summed E-state index contributed by atoms with van der Waals surface area (Å²) in [5.41, 5.74) is 1.92. The van der Waals surface area contributed by atoms with E-state index in [2.05, 4.69) is 20.4 Å². The summed E-state index contributed by atoms with van der Waals surface area (Å²) in [4.78, 5) is 8.36. The highest BCUT2D eigenvalue weighted by molar-refractivity contribution is 5.59. The highest BCUT2D eigenvalue weighted by Gasteiger charge is 2.26. The SMILES string of the molecule is COCc1cc(Nc2cccc(CCC(F)(F)F)c2)n2ncnc2n1. The summed E-state index contributed by atoms with van der Waals surface area (Å²) in [6, 6.07) is 8.60. The summed E-state index contributed by atoms with van der Waals surface area (Å²) in [5, 5.41) is 7.25. The van der Waals surface area contributed by atoms with E-state index in [1.165, 1.54) is 10.8 Å². The number of hydrogen-bond donors (Lipinski definition) is 1. The maximum absolute atomic E-state index is 12.4. The van der Waals surface area contributed by atoms with Crippen LogP contribution in [0.25, 0.3) is 5.78 Å². The Labute approximate surface area is 141 Å². The highest BCUT2D eigenvalue weighted by Crippen LogP contribution is 2.24. The molecular formula is C16H16F3N5O. The van der Waals surface area contributed by atoms with Crippen molar-refractivity contribution in [2.45, 2.75) is 25.6 Å². The van der Waals surface area contributed by atoms with Crippen molar-refractivity contribution in [3.63, 3.8) is 0 Å². The van der Waals surface area contributed by atoms with Crippen LogP contribution in [0.5, 0.6) is 0 Å². The molecule has 0 bridgehead atoms. The van der Waals surface area contributed by atoms with Crippen molar-refractivity contribution in [1.29, 1.82) is 0 Å². The molecule has 0 spiro atoms. The molecule has 2 heterocycles. The fourth-order valence-corrected chi connectivity index (χ4v) is 2.41. The first-order chi connectivity index (χ1) is 11.9. The molecule has 0 atom stereocenters. The van der Waals surface area contributed by atoms with E-state index in [1.54, 1.807) is 37.4 Å². The Balaban J connectivity index is 1.84. The van der Waals surface area contributed by atoms with Gasteiger partial charge in [0.2, 0.25) is 0 Å². The molecule has 132 valence electrons. The Bertz CT molecular complexity index is 862. The lowest BCUT2D eigenvalue weighted by atomic mass is 10.1. The molecule has 2 aromatic heterocycles. The molecule has 0 aliphatic rings. The number of methoxy groups -OCH3 is 1. The number of nitrogens with one attached hydrogen (secondary N) is 1. The minimum Gasteiger partial charge on any atom is -0.378 e. The van der Waals surface area contributed by atoms with E-state index in [9.17, 15) is 13.2 Å². The van der Waals surface area contributed by atoms with Crippen molar-refractivity contribution in [2.75, 3.05) is 12.4 Å². The number of ether oxygens (including phenoxy) is 1. The van der Waals surface area contributed by atoms with Crippen molar-refractivity contribution in [1.82, 2.24) is 19.6 Å². The largest absolute Gasteiger partial charge is 0.389 e. The number of benzene rings is 1. The van der Waals surface area contributed by atoms with E-state index in [-0.39, 0.29) is 6.42 Å². The van der Waals surface area contributed by atoms with E-state index in [0.717, 1.165) is 0 Å². The predicted octanol–water partition coefficient (Wildman–Crippen LogP) is 3.51. The van der Waals surface area contributed by atoms with Crippen LogP contribution >= 0.6 is 0 Å². The summed E-state index contributed by atoms with van der Waals surface area (Å²) >= 11 is 0. The van der Waals surface area contributed by atoms with Crippen molar-refractivity contribution in [3.05, 3.63) is 47.9 Å². The van der Waals surface area contributed by atoms with Gasteiger partial charge in [0.15, 0.2) is 0 Å². The fourth-order valence-electron chi connectivity index (χ4n) is 2.41. The van der Waals surface area contributed by atoms with Crippen molar-refractivity contribution >= 4 is 17.3 Å². The molecule has 0 fully saturated rings. The smallest absolute Gasteiger partial charge is 0.378 e. The van der Waals surface area contributed by atoms with E-state index >= 15 is 0 Å². The first-order valence-corrected chi connectivity index (χ1v) is 7.56. The first-order valence-electron chi connectivity index (χ1n) is 7.56. The van der Waals surface area contributed by atoms with Crippen LogP contribution in [-0.4, -0.2) is 32.9 Å². The highest BCUT2D eigenvalue weighted by atomic mass is 19.4. The Morgan fingerprint density at radius 3 is 2.84 bits per heavy atom. The van der Waals surface area contributed by atoms with Crippen LogP contribution < -0.4 is 5.32 Å². The van der Waals surface area contributed by atoms with Gasteiger partial charge in [0.25, 0.3) is 5.78 Å². The van der Waals surface area contributed by atoms with Crippen LogP contribution in [0.3, 0.4) is 0 Å². The van der Waals surface area contributed by atoms with Crippen molar-refractivity contribution in [3.8, 4) is 0 Å². The number of aromatic nitrogens is 4. The normalized spacial score (nSPS) is 11.8. The molecule has 3 aromatic rings. The zero-order valence-corrected chi connectivity index (χ0v) is 13.4. The van der Waals surface area contributed by atoms with Gasteiger partial charge in [-0.1, -0.05) is 12.1 Å². The van der Waals surface area contributed by atoms with Gasteiger partial charge in [-0.15, -0.1) is 0 Å². The van der Waals surface area contributed by atoms with Crippen LogP contribution in [0.4, 0.5) is 24.7 Å². The number of anilines is 2. The maximum atomic E-state index is 12.4. The van der Waals surface area contributed by atoms with Crippen LogP contribution in [0, 0.1) is 0 Å². The Hall–Kier alpha value is -2.68. The lowest BCUT2D eigenvalue weighted by molar-refractivity contribution is -0.133. The average Bonchev–Trinajstić information content (AvgIpc) is 3.02. The van der Waals surface area contributed by atoms with Crippen molar-refractivity contribution < 1.29 is 17.9 Å². The second kappa shape index (κ2) is 7.06. The van der Waals surface area contributed by atoms with Gasteiger partial charge >= 0.3 is 6.18 Å². The Morgan fingerprint density at radius 2 is 2.08 bits per heavy atom. The molecule has 0 radical (unpaired) electrons. The molecule has 9 heteroatoms. The molecule has 0 aliphatic carbocycles. The van der Waals surface area contributed by atoms with Crippen LogP contribution in [0.1, 0.15) is 17.7 Å². The van der Waals surface area contributed by atoms with Gasteiger partial charge in [0.1, 0.15) is 12.1 Å². The van der Waals surface area contributed by atoms with Gasteiger partial charge in [-0.25, -0.2) is 4.98 Å². The number of fused-ring (bicyclic) bond motifs is 1. The molecule has 0 amide bonds. The molecular weight excluding hydrogens is 335 g/mol. The minimum atomic E-state index is -4.17. The standard InChI is InChI=1S/C16H16F3N5O/c1-25-9-13-8-14(24-15(23-13)20-10-21-24)22-12-4-2-3-11(7-12)5-6-16(17,18)19/h2-4,7-8,10,22H,5-6,9H2,1H3. The van der Waals surface area contributed by atoms with E-state index in [1.807, 2.05) is 0 Å². The average molecular weight is 351 g/mol.